The fourth-order valence-corrected chi connectivity index (χ4v) is 8.63. The minimum absolute atomic E-state index is 0.116. The predicted molar refractivity (Wildman–Crippen MR) is 151 cm³/mol. The molecule has 0 unspecified atom stereocenters. The number of carbonyl (C=O) groups is 1. The maximum atomic E-state index is 11.9. The molecule has 38 heavy (non-hydrogen) atoms. The summed E-state index contributed by atoms with van der Waals surface area (Å²) in [6.45, 7) is 10.1. The van der Waals surface area contributed by atoms with Crippen molar-refractivity contribution in [2.24, 2.45) is 0 Å². The number of amides is 2. The van der Waals surface area contributed by atoms with Crippen molar-refractivity contribution in [2.75, 3.05) is 36.5 Å². The monoisotopic (exact) mass is 558 g/mol. The number of carbonyl (C=O) groups excluding carboxylic acids is 1. The number of morpholine rings is 1. The van der Waals surface area contributed by atoms with Gasteiger partial charge >= 0.3 is 6.03 Å². The van der Waals surface area contributed by atoms with Crippen molar-refractivity contribution in [2.45, 2.75) is 55.5 Å². The van der Waals surface area contributed by atoms with Crippen molar-refractivity contribution in [3.63, 3.8) is 0 Å². The van der Waals surface area contributed by atoms with Crippen molar-refractivity contribution in [3.8, 4) is 11.4 Å². The van der Waals surface area contributed by atoms with Gasteiger partial charge in [-0.2, -0.15) is 0 Å². The second-order valence-electron chi connectivity index (χ2n) is 9.76. The molecule has 1 atom stereocenters. The molecule has 1 aromatic carbocycles. The third-order valence-corrected chi connectivity index (χ3v) is 11.3. The fourth-order valence-electron chi connectivity index (χ4n) is 4.80. The fraction of sp³-hybridized carbons (Fsp3) is 0.462. The second-order valence-corrected chi connectivity index (χ2v) is 13.5. The Hall–Kier alpha value is -2.77. The Morgan fingerprint density at radius 2 is 1.95 bits per heavy atom. The number of nitrogens with zero attached hydrogens (tertiary/aromatic N) is 4. The molecule has 12 heteroatoms. The number of hydrogen-bond acceptors (Lipinski definition) is 9. The maximum Gasteiger partial charge on any atom is 0.319 e. The standard InChI is InChI=1S/C26H34N6O4S2/c1-5-27-25(33)29-20-8-6-19(7-9-20)23-30-21(14-22(31-23)32-12-13-36-15-16(32)2)26(10-11-26)38(34,35)24-17(3)28-18(4)37-24/h6-9,14,16,34-35H,5,10-13,15H2,1-4H3,(H2,27,29,33)/t16-/m0/s1. The van der Waals surface area contributed by atoms with Gasteiger partial charge in [0.25, 0.3) is 0 Å². The highest BCUT2D eigenvalue weighted by atomic mass is 32.3. The molecule has 0 bridgehead atoms. The first-order valence-corrected chi connectivity index (χ1v) is 15.1. The third kappa shape index (κ3) is 4.98. The molecule has 2 fully saturated rings. The van der Waals surface area contributed by atoms with E-state index in [1.54, 1.807) is 0 Å². The maximum absolute atomic E-state index is 11.9. The number of aryl methyl sites for hydroxylation is 2. The van der Waals surface area contributed by atoms with E-state index >= 15 is 0 Å². The minimum Gasteiger partial charge on any atom is -0.377 e. The number of hydrogen-bond donors (Lipinski definition) is 4. The Labute approximate surface area is 228 Å². The number of urea groups is 1. The van der Waals surface area contributed by atoms with Crippen LogP contribution in [0.2, 0.25) is 0 Å². The van der Waals surface area contributed by atoms with E-state index in [4.69, 9.17) is 14.7 Å². The van der Waals surface area contributed by atoms with E-state index in [1.807, 2.05) is 51.1 Å². The highest BCUT2D eigenvalue weighted by Crippen LogP contribution is 2.76. The molecule has 1 aliphatic heterocycles. The van der Waals surface area contributed by atoms with E-state index in [-0.39, 0.29) is 12.1 Å². The Morgan fingerprint density at radius 1 is 1.21 bits per heavy atom. The van der Waals surface area contributed by atoms with Crippen LogP contribution in [0.1, 0.15) is 43.1 Å². The minimum atomic E-state index is -3.21. The van der Waals surface area contributed by atoms with Crippen LogP contribution in [-0.2, 0) is 9.48 Å². The number of anilines is 2. The molecule has 0 spiro atoms. The summed E-state index contributed by atoms with van der Waals surface area (Å²) in [5.74, 6) is 1.24. The molecular formula is C26H34N6O4S2. The summed E-state index contributed by atoms with van der Waals surface area (Å²) < 4.78 is 28.6. The van der Waals surface area contributed by atoms with E-state index in [0.717, 1.165) is 16.4 Å². The number of ether oxygens (including phenoxy) is 1. The number of rotatable bonds is 7. The van der Waals surface area contributed by atoms with E-state index < -0.39 is 15.3 Å². The first kappa shape index (κ1) is 26.8. The van der Waals surface area contributed by atoms with E-state index in [2.05, 4.69) is 27.4 Å². The van der Waals surface area contributed by atoms with Crippen molar-refractivity contribution in [1.29, 1.82) is 0 Å². The molecule has 3 heterocycles. The zero-order valence-electron chi connectivity index (χ0n) is 22.0. The highest BCUT2D eigenvalue weighted by Gasteiger charge is 2.58. The summed E-state index contributed by atoms with van der Waals surface area (Å²) in [4.78, 5) is 28.4. The van der Waals surface area contributed by atoms with Crippen LogP contribution in [0.25, 0.3) is 11.4 Å². The largest absolute Gasteiger partial charge is 0.377 e. The van der Waals surface area contributed by atoms with Crippen LogP contribution in [0.5, 0.6) is 0 Å². The molecule has 2 amide bonds. The van der Waals surface area contributed by atoms with Crippen LogP contribution >= 0.6 is 21.9 Å². The first-order valence-electron chi connectivity index (χ1n) is 12.8. The zero-order valence-corrected chi connectivity index (χ0v) is 23.7. The van der Waals surface area contributed by atoms with Gasteiger partial charge in [0.15, 0.2) is 5.82 Å². The lowest BCUT2D eigenvalue weighted by molar-refractivity contribution is 0.0985. The van der Waals surface area contributed by atoms with Gasteiger partial charge in [-0.3, -0.25) is 9.11 Å². The van der Waals surface area contributed by atoms with Gasteiger partial charge in [0.1, 0.15) is 14.8 Å². The summed E-state index contributed by atoms with van der Waals surface area (Å²) in [6.07, 6.45) is 1.24. The average Bonchev–Trinajstić information content (AvgIpc) is 3.64. The number of benzene rings is 1. The van der Waals surface area contributed by atoms with Crippen molar-refractivity contribution in [1.82, 2.24) is 20.3 Å². The average molecular weight is 559 g/mol. The summed E-state index contributed by atoms with van der Waals surface area (Å²) in [5.41, 5.74) is 2.71. The Balaban J connectivity index is 1.56. The number of nitrogens with one attached hydrogen (secondary N) is 2. The topological polar surface area (TPSA) is 133 Å². The number of thiazole rings is 1. The van der Waals surface area contributed by atoms with Gasteiger partial charge in [-0.15, -0.1) is 21.9 Å². The van der Waals surface area contributed by atoms with Gasteiger partial charge in [0, 0.05) is 30.4 Å². The SMILES string of the molecule is CCNC(=O)Nc1ccc(-c2nc(N3CCOC[C@@H]3C)cc(C3(S(O)(O)c4sc(C)nc4C)CC3)n2)cc1. The van der Waals surface area contributed by atoms with Gasteiger partial charge in [-0.05, 0) is 64.8 Å². The molecule has 5 rings (SSSR count). The zero-order chi connectivity index (χ0) is 27.1. The summed E-state index contributed by atoms with van der Waals surface area (Å²) in [6, 6.07) is 9.11. The predicted octanol–water partition coefficient (Wildman–Crippen LogP) is 5.38. The van der Waals surface area contributed by atoms with E-state index in [9.17, 15) is 13.9 Å². The smallest absolute Gasteiger partial charge is 0.319 e. The second kappa shape index (κ2) is 10.4. The molecule has 1 saturated heterocycles. The van der Waals surface area contributed by atoms with Crippen LogP contribution in [0, 0.1) is 13.8 Å². The highest BCUT2D eigenvalue weighted by molar-refractivity contribution is 8.26. The van der Waals surface area contributed by atoms with Crippen LogP contribution in [0.15, 0.2) is 34.5 Å². The van der Waals surface area contributed by atoms with Crippen LogP contribution in [0.3, 0.4) is 0 Å². The number of aromatic nitrogens is 3. The molecule has 3 aromatic rings. The summed E-state index contributed by atoms with van der Waals surface area (Å²) >= 11 is 1.34. The van der Waals surface area contributed by atoms with Gasteiger partial charge in [-0.25, -0.2) is 19.7 Å². The van der Waals surface area contributed by atoms with Gasteiger partial charge in [0.05, 0.1) is 35.7 Å². The Morgan fingerprint density at radius 3 is 2.55 bits per heavy atom. The molecular weight excluding hydrogens is 524 g/mol. The molecule has 4 N–H and O–H groups in total. The van der Waals surface area contributed by atoms with E-state index in [0.29, 0.717) is 66.3 Å². The van der Waals surface area contributed by atoms with Crippen molar-refractivity contribution in [3.05, 3.63) is 46.7 Å². The molecule has 2 aliphatic rings. The Bertz CT molecular complexity index is 1330. The molecule has 204 valence electrons. The summed E-state index contributed by atoms with van der Waals surface area (Å²) in [7, 11) is -3.21. The molecule has 1 aliphatic carbocycles. The molecule has 0 radical (unpaired) electrons. The third-order valence-electron chi connectivity index (χ3n) is 6.95. The lowest BCUT2D eigenvalue weighted by atomic mass is 10.1. The van der Waals surface area contributed by atoms with Gasteiger partial charge < -0.3 is 20.3 Å². The van der Waals surface area contributed by atoms with E-state index in [1.165, 1.54) is 11.3 Å². The van der Waals surface area contributed by atoms with Crippen LogP contribution in [-0.4, -0.2) is 62.4 Å². The van der Waals surface area contributed by atoms with Crippen LogP contribution < -0.4 is 15.5 Å². The van der Waals surface area contributed by atoms with Crippen molar-refractivity contribution >= 4 is 39.5 Å². The van der Waals surface area contributed by atoms with Gasteiger partial charge in [0.2, 0.25) is 0 Å². The lowest BCUT2D eigenvalue weighted by Gasteiger charge is -2.40. The summed E-state index contributed by atoms with van der Waals surface area (Å²) in [5, 5.41) is 6.32. The van der Waals surface area contributed by atoms with Gasteiger partial charge in [-0.1, -0.05) is 0 Å². The molecule has 1 saturated carbocycles. The normalized spacial score (nSPS) is 19.2. The van der Waals surface area contributed by atoms with Crippen molar-refractivity contribution < 1.29 is 18.6 Å². The first-order chi connectivity index (χ1) is 18.1. The lowest BCUT2D eigenvalue weighted by Crippen LogP contribution is -2.44. The molecule has 10 nitrogen and oxygen atoms in total. The quantitative estimate of drug-likeness (QED) is 0.304. The Kier molecular flexibility index (Phi) is 7.35. The molecule has 2 aromatic heterocycles. The van der Waals surface area contributed by atoms with Crippen LogP contribution in [0.4, 0.5) is 16.3 Å².